The van der Waals surface area contributed by atoms with Crippen LogP contribution in [0.4, 0.5) is 5.69 Å². The van der Waals surface area contributed by atoms with E-state index in [4.69, 9.17) is 4.74 Å². The lowest BCUT2D eigenvalue weighted by atomic mass is 9.80. The molecule has 7 nitrogen and oxygen atoms in total. The van der Waals surface area contributed by atoms with Gasteiger partial charge in [0.1, 0.15) is 11.4 Å². The first-order chi connectivity index (χ1) is 13.1. The Hall–Kier alpha value is -1.64. The average molecular weight is 424 g/mol. The smallest absolute Gasteiger partial charge is 0.240 e. The lowest BCUT2D eigenvalue weighted by molar-refractivity contribution is -0.117. The van der Waals surface area contributed by atoms with Crippen molar-refractivity contribution < 1.29 is 17.9 Å². The summed E-state index contributed by atoms with van der Waals surface area (Å²) < 4.78 is 35.1. The molecule has 0 aromatic heterocycles. The van der Waals surface area contributed by atoms with Gasteiger partial charge in [-0.3, -0.25) is 4.79 Å². The predicted octanol–water partition coefficient (Wildman–Crippen LogP) is 2.80. The molecule has 0 radical (unpaired) electrons. The number of fused-ring (bicyclic) bond motifs is 1. The number of carbonyl (C=O) groups excluding carboxylic acids is 1. The zero-order chi connectivity index (χ0) is 21.8. The molecule has 1 aromatic rings. The fraction of sp³-hybridized carbons (Fsp3) is 0.667. The van der Waals surface area contributed by atoms with Gasteiger partial charge in [0.2, 0.25) is 15.9 Å². The van der Waals surface area contributed by atoms with Crippen LogP contribution in [0.3, 0.4) is 0 Å². The van der Waals surface area contributed by atoms with Crippen LogP contribution in [0.2, 0.25) is 0 Å². The van der Waals surface area contributed by atoms with E-state index in [2.05, 4.69) is 37.7 Å². The minimum absolute atomic E-state index is 0.139. The number of carbonyl (C=O) groups is 1. The van der Waals surface area contributed by atoms with E-state index in [9.17, 15) is 13.2 Å². The van der Waals surface area contributed by atoms with Gasteiger partial charge in [0.05, 0.1) is 17.1 Å². The highest BCUT2D eigenvalue weighted by Crippen LogP contribution is 2.39. The van der Waals surface area contributed by atoms with Crippen molar-refractivity contribution in [1.29, 1.82) is 0 Å². The molecule has 1 amide bonds. The zero-order valence-corrected chi connectivity index (χ0v) is 19.2. The van der Waals surface area contributed by atoms with Gasteiger partial charge in [-0.25, -0.2) is 13.1 Å². The van der Waals surface area contributed by atoms with Crippen molar-refractivity contribution in [1.82, 2.24) is 10.0 Å². The zero-order valence-electron chi connectivity index (χ0n) is 18.4. The Bertz CT molecular complexity index is 906. The van der Waals surface area contributed by atoms with Crippen molar-refractivity contribution in [2.24, 2.45) is 0 Å². The van der Waals surface area contributed by atoms with Crippen molar-refractivity contribution in [2.75, 3.05) is 11.4 Å². The molecule has 2 aliphatic rings. The summed E-state index contributed by atoms with van der Waals surface area (Å²) in [6, 6.07) is 4.53. The fourth-order valence-electron chi connectivity index (χ4n) is 4.73. The Morgan fingerprint density at radius 2 is 1.72 bits per heavy atom. The second kappa shape index (κ2) is 6.96. The second-order valence-electron chi connectivity index (χ2n) is 10.2. The van der Waals surface area contributed by atoms with Crippen LogP contribution in [-0.4, -0.2) is 43.6 Å². The third kappa shape index (κ3) is 4.92. The second-order valence-corrected chi connectivity index (χ2v) is 11.9. The number of nitrogens with zero attached hydrogens (tertiary/aromatic N) is 1. The molecule has 0 spiro atoms. The molecule has 0 aliphatic carbocycles. The normalized spacial score (nSPS) is 23.2. The molecule has 0 unspecified atom stereocenters. The number of piperidine rings is 1. The maximum atomic E-state index is 13.1. The molecule has 0 atom stereocenters. The monoisotopic (exact) mass is 423 g/mol. The Morgan fingerprint density at radius 1 is 1.14 bits per heavy atom. The maximum Gasteiger partial charge on any atom is 0.240 e. The number of nitrogens with one attached hydrogen (secondary N) is 2. The largest absolute Gasteiger partial charge is 0.484 e. The van der Waals surface area contributed by atoms with E-state index in [0.717, 1.165) is 0 Å². The SMILES string of the molecule is CC(=O)N1CC(C)(C)Oc2ccc(S(=O)(=O)NC3CC(C)(C)NC(C)(C)C3)cc21. The minimum Gasteiger partial charge on any atom is -0.484 e. The van der Waals surface area contributed by atoms with E-state index in [-0.39, 0.29) is 27.9 Å². The Labute approximate surface area is 174 Å². The fourth-order valence-corrected chi connectivity index (χ4v) is 5.99. The number of sulfonamides is 1. The Morgan fingerprint density at radius 3 is 2.28 bits per heavy atom. The number of ether oxygens (including phenoxy) is 1. The lowest BCUT2D eigenvalue weighted by Gasteiger charge is -2.46. The van der Waals surface area contributed by atoms with Crippen molar-refractivity contribution >= 4 is 21.6 Å². The average Bonchev–Trinajstić information content (AvgIpc) is 2.48. The van der Waals surface area contributed by atoms with Crippen LogP contribution in [0.25, 0.3) is 0 Å². The third-order valence-corrected chi connectivity index (χ3v) is 6.87. The van der Waals surface area contributed by atoms with Gasteiger partial charge < -0.3 is 15.0 Å². The summed E-state index contributed by atoms with van der Waals surface area (Å²) in [5.41, 5.74) is -0.389. The summed E-state index contributed by atoms with van der Waals surface area (Å²) in [4.78, 5) is 13.9. The standard InChI is InChI=1S/C21H33N3O4S/c1-14(25)24-13-21(6,7)28-18-9-8-16(10-17(18)24)29(26,27)22-15-11-19(2,3)23-20(4,5)12-15/h8-10,15,22-23H,11-13H2,1-7H3. The predicted molar refractivity (Wildman–Crippen MR) is 114 cm³/mol. The first-order valence-corrected chi connectivity index (χ1v) is 11.5. The van der Waals surface area contributed by atoms with Crippen LogP contribution < -0.4 is 19.7 Å². The van der Waals surface area contributed by atoms with Gasteiger partial charge in [-0.05, 0) is 72.6 Å². The molecular formula is C21H33N3O4S. The highest BCUT2D eigenvalue weighted by atomic mass is 32.2. The number of anilines is 1. The number of benzene rings is 1. The van der Waals surface area contributed by atoms with Gasteiger partial charge >= 0.3 is 0 Å². The number of hydrogen-bond acceptors (Lipinski definition) is 5. The number of rotatable bonds is 3. The molecule has 1 aromatic carbocycles. The van der Waals surface area contributed by atoms with Crippen molar-refractivity contribution in [2.45, 2.75) is 88.9 Å². The molecule has 1 fully saturated rings. The molecular weight excluding hydrogens is 390 g/mol. The van der Waals surface area contributed by atoms with Gasteiger partial charge in [0, 0.05) is 24.0 Å². The molecule has 162 valence electrons. The van der Waals surface area contributed by atoms with Gasteiger partial charge in [-0.1, -0.05) is 0 Å². The lowest BCUT2D eigenvalue weighted by Crippen LogP contribution is -2.62. The summed E-state index contributed by atoms with van der Waals surface area (Å²) >= 11 is 0. The molecule has 0 bridgehead atoms. The molecule has 2 N–H and O–H groups in total. The first kappa shape index (κ1) is 22.1. The summed E-state index contributed by atoms with van der Waals surface area (Å²) in [6.45, 7) is 14.0. The topological polar surface area (TPSA) is 87.7 Å². The van der Waals surface area contributed by atoms with Gasteiger partial charge in [-0.15, -0.1) is 0 Å². The molecule has 3 rings (SSSR count). The van der Waals surface area contributed by atoms with Crippen LogP contribution in [0.5, 0.6) is 5.75 Å². The summed E-state index contributed by atoms with van der Waals surface area (Å²) in [6.07, 6.45) is 1.38. The van der Waals surface area contributed by atoms with Crippen LogP contribution in [0.1, 0.15) is 61.3 Å². The summed E-state index contributed by atoms with van der Waals surface area (Å²) in [7, 11) is -3.74. The van der Waals surface area contributed by atoms with E-state index in [1.807, 2.05) is 13.8 Å². The van der Waals surface area contributed by atoms with E-state index in [1.165, 1.54) is 19.1 Å². The van der Waals surface area contributed by atoms with Crippen molar-refractivity contribution in [3.8, 4) is 5.75 Å². The maximum absolute atomic E-state index is 13.1. The van der Waals surface area contributed by atoms with Crippen LogP contribution in [0, 0.1) is 0 Å². The highest BCUT2D eigenvalue weighted by Gasteiger charge is 2.40. The molecule has 0 saturated carbocycles. The van der Waals surface area contributed by atoms with Crippen molar-refractivity contribution in [3.63, 3.8) is 0 Å². The van der Waals surface area contributed by atoms with Gasteiger partial charge in [0.25, 0.3) is 0 Å². The number of hydrogen-bond donors (Lipinski definition) is 2. The number of amides is 1. The third-order valence-electron chi connectivity index (χ3n) is 5.35. The Kier molecular flexibility index (Phi) is 5.29. The molecule has 29 heavy (non-hydrogen) atoms. The van der Waals surface area contributed by atoms with E-state index < -0.39 is 15.6 Å². The minimum atomic E-state index is -3.74. The van der Waals surface area contributed by atoms with Crippen LogP contribution in [-0.2, 0) is 14.8 Å². The van der Waals surface area contributed by atoms with Crippen LogP contribution in [0.15, 0.2) is 23.1 Å². The molecule has 2 aliphatic heterocycles. The quantitative estimate of drug-likeness (QED) is 0.781. The Balaban J connectivity index is 1.91. The van der Waals surface area contributed by atoms with Gasteiger partial charge in [-0.2, -0.15) is 0 Å². The van der Waals surface area contributed by atoms with E-state index in [0.29, 0.717) is 30.8 Å². The summed E-state index contributed by atoms with van der Waals surface area (Å²) in [5.74, 6) is 0.367. The molecule has 2 heterocycles. The van der Waals surface area contributed by atoms with E-state index in [1.54, 1.807) is 11.0 Å². The van der Waals surface area contributed by atoms with Crippen LogP contribution >= 0.6 is 0 Å². The first-order valence-electron chi connectivity index (χ1n) is 10.0. The summed E-state index contributed by atoms with van der Waals surface area (Å²) in [5, 5.41) is 3.56. The van der Waals surface area contributed by atoms with Crippen molar-refractivity contribution in [3.05, 3.63) is 18.2 Å². The molecule has 8 heteroatoms. The van der Waals surface area contributed by atoms with E-state index >= 15 is 0 Å². The molecule has 1 saturated heterocycles. The highest BCUT2D eigenvalue weighted by molar-refractivity contribution is 7.89. The van der Waals surface area contributed by atoms with Gasteiger partial charge in [0.15, 0.2) is 0 Å².